The number of nitrogens with one attached hydrogen (secondary N) is 1. The Hall–Kier alpha value is -0.940. The van der Waals surface area contributed by atoms with Crippen LogP contribution in [0.3, 0.4) is 0 Å². The van der Waals surface area contributed by atoms with Crippen LogP contribution < -0.4 is 5.32 Å². The molecule has 0 fully saturated rings. The summed E-state index contributed by atoms with van der Waals surface area (Å²) < 4.78 is 4.91. The van der Waals surface area contributed by atoms with E-state index in [0.717, 1.165) is 30.2 Å². The Morgan fingerprint density at radius 1 is 1.30 bits per heavy atom. The van der Waals surface area contributed by atoms with Crippen LogP contribution in [-0.2, 0) is 22.4 Å². The Morgan fingerprint density at radius 2 is 2.15 bits per heavy atom. The number of hydrogen-bond donors (Lipinski definition) is 1. The summed E-state index contributed by atoms with van der Waals surface area (Å²) in [6, 6.07) is 0. The lowest BCUT2D eigenvalue weighted by Crippen LogP contribution is -2.18. The summed E-state index contributed by atoms with van der Waals surface area (Å²) in [7, 11) is 0. The van der Waals surface area contributed by atoms with E-state index in [9.17, 15) is 4.79 Å². The molecule has 0 aliphatic heterocycles. The Morgan fingerprint density at radius 3 is 2.90 bits per heavy atom. The van der Waals surface area contributed by atoms with Gasteiger partial charge < -0.3 is 10.1 Å². The van der Waals surface area contributed by atoms with Gasteiger partial charge in [-0.05, 0) is 19.9 Å². The van der Waals surface area contributed by atoms with Crippen LogP contribution in [0.4, 0.5) is 0 Å². The highest BCUT2D eigenvalue weighted by Crippen LogP contribution is 2.11. The van der Waals surface area contributed by atoms with E-state index in [0.29, 0.717) is 6.61 Å². The van der Waals surface area contributed by atoms with Crippen molar-refractivity contribution < 1.29 is 9.53 Å². The number of thiazole rings is 1. The van der Waals surface area contributed by atoms with E-state index in [2.05, 4.69) is 17.2 Å². The summed E-state index contributed by atoms with van der Waals surface area (Å²) in [5, 5.41) is 6.48. The molecule has 0 aliphatic rings. The molecule has 5 heteroatoms. The van der Waals surface area contributed by atoms with Crippen molar-refractivity contribution in [2.45, 2.75) is 52.4 Å². The number of aromatic nitrogens is 1. The molecule has 1 N–H and O–H groups in total. The third-order valence-electron chi connectivity index (χ3n) is 2.95. The van der Waals surface area contributed by atoms with Gasteiger partial charge in [0.1, 0.15) is 0 Å². The van der Waals surface area contributed by atoms with Gasteiger partial charge in [-0.1, -0.05) is 26.2 Å². The maximum Gasteiger partial charge on any atom is 0.311 e. The number of nitrogens with zero attached hydrogens (tertiary/aromatic N) is 1. The standard InChI is InChI=1S/C15H26N2O2S/c1-3-5-6-7-9-16-10-8-14-17-13(12-20-14)11-15(18)19-4-2/h12,16H,3-11H2,1-2H3. The summed E-state index contributed by atoms with van der Waals surface area (Å²) in [6.07, 6.45) is 6.38. The second-order valence-corrected chi connectivity index (χ2v) is 5.72. The van der Waals surface area contributed by atoms with Gasteiger partial charge in [-0.25, -0.2) is 4.98 Å². The molecule has 0 unspecified atom stereocenters. The predicted octanol–water partition coefficient (Wildman–Crippen LogP) is 2.96. The molecule has 1 heterocycles. The number of rotatable bonds is 11. The number of hydrogen-bond acceptors (Lipinski definition) is 5. The van der Waals surface area contributed by atoms with Gasteiger partial charge in [0.2, 0.25) is 0 Å². The molecule has 0 spiro atoms. The highest BCUT2D eigenvalue weighted by atomic mass is 32.1. The molecule has 0 radical (unpaired) electrons. The maximum atomic E-state index is 11.3. The van der Waals surface area contributed by atoms with Crippen LogP contribution in [-0.4, -0.2) is 30.6 Å². The lowest BCUT2D eigenvalue weighted by atomic mass is 10.2. The third kappa shape index (κ3) is 7.60. The summed E-state index contributed by atoms with van der Waals surface area (Å²) in [5.74, 6) is -0.196. The minimum absolute atomic E-state index is 0.196. The van der Waals surface area contributed by atoms with Gasteiger partial charge in [0.25, 0.3) is 0 Å². The molecule has 1 rings (SSSR count). The van der Waals surface area contributed by atoms with E-state index in [1.165, 1.54) is 25.7 Å². The maximum absolute atomic E-state index is 11.3. The zero-order valence-electron chi connectivity index (χ0n) is 12.6. The first-order valence-corrected chi connectivity index (χ1v) is 8.43. The molecule has 20 heavy (non-hydrogen) atoms. The van der Waals surface area contributed by atoms with Gasteiger partial charge in [-0.3, -0.25) is 4.79 Å². The van der Waals surface area contributed by atoms with E-state index in [1.54, 1.807) is 11.3 Å². The van der Waals surface area contributed by atoms with Crippen molar-refractivity contribution in [3.05, 3.63) is 16.1 Å². The molecule has 1 aromatic rings. The first-order chi connectivity index (χ1) is 9.76. The molecule has 114 valence electrons. The van der Waals surface area contributed by atoms with Crippen LogP contribution in [0.15, 0.2) is 5.38 Å². The van der Waals surface area contributed by atoms with Crippen molar-refractivity contribution in [1.82, 2.24) is 10.3 Å². The molecule has 0 amide bonds. The fourth-order valence-electron chi connectivity index (χ4n) is 1.90. The van der Waals surface area contributed by atoms with E-state index >= 15 is 0 Å². The largest absolute Gasteiger partial charge is 0.466 e. The Labute approximate surface area is 125 Å². The van der Waals surface area contributed by atoms with Gasteiger partial charge in [-0.2, -0.15) is 0 Å². The van der Waals surface area contributed by atoms with Gasteiger partial charge in [0.05, 0.1) is 23.7 Å². The normalized spacial score (nSPS) is 10.7. The molecule has 0 aromatic carbocycles. The quantitative estimate of drug-likeness (QED) is 0.504. The second kappa shape index (κ2) is 10.8. The van der Waals surface area contributed by atoms with E-state index in [4.69, 9.17) is 4.74 Å². The lowest BCUT2D eigenvalue weighted by molar-refractivity contribution is -0.142. The zero-order valence-corrected chi connectivity index (χ0v) is 13.4. The Bertz CT molecular complexity index is 380. The summed E-state index contributed by atoms with van der Waals surface area (Å²) in [5.41, 5.74) is 0.825. The van der Waals surface area contributed by atoms with Crippen molar-refractivity contribution in [3.63, 3.8) is 0 Å². The minimum atomic E-state index is -0.196. The molecule has 0 atom stereocenters. The molecule has 0 saturated heterocycles. The molecule has 0 aliphatic carbocycles. The second-order valence-electron chi connectivity index (χ2n) is 4.78. The number of carbonyl (C=O) groups is 1. The Balaban J connectivity index is 2.12. The molecular weight excluding hydrogens is 272 g/mol. The lowest BCUT2D eigenvalue weighted by Gasteiger charge is -2.02. The van der Waals surface area contributed by atoms with Gasteiger partial charge >= 0.3 is 5.97 Å². The van der Waals surface area contributed by atoms with Crippen molar-refractivity contribution in [1.29, 1.82) is 0 Å². The van der Waals surface area contributed by atoms with Crippen molar-refractivity contribution in [2.75, 3.05) is 19.7 Å². The number of carbonyl (C=O) groups excluding carboxylic acids is 1. The molecule has 0 bridgehead atoms. The first-order valence-electron chi connectivity index (χ1n) is 7.55. The van der Waals surface area contributed by atoms with Gasteiger partial charge in [0.15, 0.2) is 0 Å². The van der Waals surface area contributed by atoms with Crippen LogP contribution in [0.1, 0.15) is 50.2 Å². The number of esters is 1. The highest BCUT2D eigenvalue weighted by Gasteiger charge is 2.08. The summed E-state index contributed by atoms with van der Waals surface area (Å²) in [4.78, 5) is 15.8. The zero-order chi connectivity index (χ0) is 14.6. The predicted molar refractivity (Wildman–Crippen MR) is 83.2 cm³/mol. The van der Waals surface area contributed by atoms with Gasteiger partial charge in [-0.15, -0.1) is 11.3 Å². The van der Waals surface area contributed by atoms with Crippen LogP contribution in [0.25, 0.3) is 0 Å². The first kappa shape index (κ1) is 17.1. The SMILES string of the molecule is CCCCCCNCCc1nc(CC(=O)OCC)cs1. The van der Waals surface area contributed by atoms with Crippen molar-refractivity contribution in [2.24, 2.45) is 0 Å². The van der Waals surface area contributed by atoms with Crippen LogP contribution in [0.2, 0.25) is 0 Å². The minimum Gasteiger partial charge on any atom is -0.466 e. The molecule has 1 aromatic heterocycles. The molecular formula is C15H26N2O2S. The van der Waals surface area contributed by atoms with Crippen LogP contribution >= 0.6 is 11.3 Å². The average molecular weight is 298 g/mol. The van der Waals surface area contributed by atoms with Crippen LogP contribution in [0.5, 0.6) is 0 Å². The van der Waals surface area contributed by atoms with E-state index < -0.39 is 0 Å². The van der Waals surface area contributed by atoms with E-state index in [-0.39, 0.29) is 12.4 Å². The fourth-order valence-corrected chi connectivity index (χ4v) is 2.70. The number of ether oxygens (including phenoxy) is 1. The van der Waals surface area contributed by atoms with Crippen molar-refractivity contribution >= 4 is 17.3 Å². The molecule has 0 saturated carbocycles. The van der Waals surface area contributed by atoms with Crippen LogP contribution in [0, 0.1) is 0 Å². The fraction of sp³-hybridized carbons (Fsp3) is 0.733. The summed E-state index contributed by atoms with van der Waals surface area (Å²) >= 11 is 1.62. The Kier molecular flexibility index (Phi) is 9.24. The van der Waals surface area contributed by atoms with Gasteiger partial charge in [0, 0.05) is 18.3 Å². The topological polar surface area (TPSA) is 51.2 Å². The van der Waals surface area contributed by atoms with Crippen molar-refractivity contribution in [3.8, 4) is 0 Å². The smallest absolute Gasteiger partial charge is 0.311 e. The monoisotopic (exact) mass is 298 g/mol. The van der Waals surface area contributed by atoms with E-state index in [1.807, 2.05) is 12.3 Å². The summed E-state index contributed by atoms with van der Waals surface area (Å²) in [6.45, 7) is 6.51. The third-order valence-corrected chi connectivity index (χ3v) is 3.91. The average Bonchev–Trinajstić information content (AvgIpc) is 2.85. The number of unbranched alkanes of at least 4 members (excludes halogenated alkanes) is 3. The molecule has 4 nitrogen and oxygen atoms in total. The highest BCUT2D eigenvalue weighted by molar-refractivity contribution is 7.09.